The van der Waals surface area contributed by atoms with E-state index >= 15 is 0 Å². The van der Waals surface area contributed by atoms with Crippen molar-refractivity contribution in [1.82, 2.24) is 14.5 Å². The first-order valence-electron chi connectivity index (χ1n) is 9.90. The second kappa shape index (κ2) is 7.48. The Morgan fingerprint density at radius 3 is 2.27 bits per heavy atom. The summed E-state index contributed by atoms with van der Waals surface area (Å²) in [4.78, 5) is 9.27. The summed E-state index contributed by atoms with van der Waals surface area (Å²) < 4.78 is 8.29. The second-order valence-electron chi connectivity index (χ2n) is 7.36. The Hall–Kier alpha value is -3.92. The summed E-state index contributed by atoms with van der Waals surface area (Å²) in [6, 6.07) is 28.3. The first-order chi connectivity index (χ1) is 14.7. The van der Waals surface area contributed by atoms with Gasteiger partial charge in [0, 0.05) is 24.4 Å². The molecule has 0 unspecified atom stereocenters. The predicted octanol–water partition coefficient (Wildman–Crippen LogP) is 6.40. The monoisotopic (exact) mass is 391 g/mol. The van der Waals surface area contributed by atoms with E-state index < -0.39 is 0 Å². The number of pyridine rings is 1. The van der Waals surface area contributed by atoms with E-state index in [9.17, 15) is 0 Å². The molecular formula is C26H21N3O. The summed E-state index contributed by atoms with van der Waals surface area (Å²) in [6.45, 7) is 2.07. The number of aryl methyl sites for hydroxylation is 2. The third kappa shape index (κ3) is 3.44. The van der Waals surface area contributed by atoms with E-state index in [2.05, 4.69) is 34.7 Å². The van der Waals surface area contributed by atoms with Crippen LogP contribution in [0.25, 0.3) is 33.7 Å². The lowest BCUT2D eigenvalue weighted by atomic mass is 10.1. The third-order valence-electron chi connectivity index (χ3n) is 5.16. The molecule has 0 N–H and O–H groups in total. The van der Waals surface area contributed by atoms with Gasteiger partial charge in [0.1, 0.15) is 17.3 Å². The minimum atomic E-state index is 0.772. The zero-order valence-corrected chi connectivity index (χ0v) is 16.9. The minimum Gasteiger partial charge on any atom is -0.457 e. The number of hydrogen-bond acceptors (Lipinski definition) is 3. The van der Waals surface area contributed by atoms with Crippen molar-refractivity contribution < 1.29 is 4.74 Å². The molecule has 0 amide bonds. The Balaban J connectivity index is 1.47. The topological polar surface area (TPSA) is 39.9 Å². The molecule has 2 aromatic heterocycles. The normalized spacial score (nSPS) is 11.0. The SMILES string of the molecule is Cc1ccnc(-c2cccc(Oc3cccc(-c4nc5ccccc5n4C)c3)c2)c1. The van der Waals surface area contributed by atoms with Crippen LogP contribution in [-0.4, -0.2) is 14.5 Å². The molecule has 146 valence electrons. The standard InChI is InChI=1S/C26H21N3O/c1-18-13-14-27-24(15-18)19-7-5-9-21(16-19)30-22-10-6-8-20(17-22)26-28-23-11-3-4-12-25(23)29(26)2/h3-17H,1-2H3. The summed E-state index contributed by atoms with van der Waals surface area (Å²) in [6.07, 6.45) is 1.83. The lowest BCUT2D eigenvalue weighted by Gasteiger charge is -2.10. The van der Waals surface area contributed by atoms with Gasteiger partial charge in [-0.2, -0.15) is 0 Å². The Morgan fingerprint density at radius 2 is 1.50 bits per heavy atom. The highest BCUT2D eigenvalue weighted by molar-refractivity contribution is 5.80. The van der Waals surface area contributed by atoms with Gasteiger partial charge >= 0.3 is 0 Å². The van der Waals surface area contributed by atoms with Crippen LogP contribution in [0.5, 0.6) is 11.5 Å². The fraction of sp³-hybridized carbons (Fsp3) is 0.0769. The van der Waals surface area contributed by atoms with Gasteiger partial charge in [-0.15, -0.1) is 0 Å². The first-order valence-corrected chi connectivity index (χ1v) is 9.90. The van der Waals surface area contributed by atoms with Crippen molar-refractivity contribution in [1.29, 1.82) is 0 Å². The highest BCUT2D eigenvalue weighted by Gasteiger charge is 2.10. The average molecular weight is 391 g/mol. The quantitative estimate of drug-likeness (QED) is 0.356. The van der Waals surface area contributed by atoms with Crippen molar-refractivity contribution >= 4 is 11.0 Å². The zero-order valence-electron chi connectivity index (χ0n) is 16.9. The maximum absolute atomic E-state index is 6.18. The lowest BCUT2D eigenvalue weighted by Crippen LogP contribution is -1.93. The molecule has 4 nitrogen and oxygen atoms in total. The molecule has 0 fully saturated rings. The van der Waals surface area contributed by atoms with Gasteiger partial charge in [0.05, 0.1) is 16.7 Å². The number of fused-ring (bicyclic) bond motifs is 1. The Labute approximate surface area is 175 Å². The summed E-state index contributed by atoms with van der Waals surface area (Å²) in [7, 11) is 2.04. The van der Waals surface area contributed by atoms with Crippen molar-refractivity contribution in [2.45, 2.75) is 6.92 Å². The molecule has 0 saturated carbocycles. The number of ether oxygens (including phenoxy) is 1. The van der Waals surface area contributed by atoms with Gasteiger partial charge in [0.25, 0.3) is 0 Å². The van der Waals surface area contributed by atoms with Gasteiger partial charge in [-0.3, -0.25) is 4.98 Å². The molecule has 30 heavy (non-hydrogen) atoms. The molecule has 0 aliphatic heterocycles. The molecule has 4 heteroatoms. The van der Waals surface area contributed by atoms with E-state index in [1.165, 1.54) is 5.56 Å². The molecule has 0 bridgehead atoms. The molecule has 0 aliphatic carbocycles. The number of rotatable bonds is 4. The maximum Gasteiger partial charge on any atom is 0.140 e. The van der Waals surface area contributed by atoms with E-state index in [0.717, 1.165) is 45.2 Å². The summed E-state index contributed by atoms with van der Waals surface area (Å²) in [5.74, 6) is 2.46. The van der Waals surface area contributed by atoms with Gasteiger partial charge in [0.15, 0.2) is 0 Å². The van der Waals surface area contributed by atoms with Crippen LogP contribution >= 0.6 is 0 Å². The van der Waals surface area contributed by atoms with Crippen LogP contribution in [0.15, 0.2) is 91.1 Å². The highest BCUT2D eigenvalue weighted by atomic mass is 16.5. The average Bonchev–Trinajstić information content (AvgIpc) is 3.11. The van der Waals surface area contributed by atoms with E-state index in [4.69, 9.17) is 9.72 Å². The van der Waals surface area contributed by atoms with Gasteiger partial charge in [-0.1, -0.05) is 36.4 Å². The number of para-hydroxylation sites is 2. The van der Waals surface area contributed by atoms with Gasteiger partial charge in [0.2, 0.25) is 0 Å². The molecular weight excluding hydrogens is 370 g/mol. The second-order valence-corrected chi connectivity index (χ2v) is 7.36. The number of benzene rings is 3. The van der Waals surface area contributed by atoms with E-state index in [1.54, 1.807) is 0 Å². The molecule has 5 aromatic rings. The molecule has 0 aliphatic rings. The van der Waals surface area contributed by atoms with E-state index in [0.29, 0.717) is 0 Å². The maximum atomic E-state index is 6.18. The van der Waals surface area contributed by atoms with Crippen LogP contribution in [-0.2, 0) is 7.05 Å². The van der Waals surface area contributed by atoms with Crippen molar-refractivity contribution in [3.63, 3.8) is 0 Å². The fourth-order valence-corrected chi connectivity index (χ4v) is 3.65. The largest absolute Gasteiger partial charge is 0.457 e. The fourth-order valence-electron chi connectivity index (χ4n) is 3.65. The summed E-state index contributed by atoms with van der Waals surface area (Å²) in [5.41, 5.74) is 6.26. The number of imidazole rings is 1. The third-order valence-corrected chi connectivity index (χ3v) is 5.16. The molecule has 5 rings (SSSR count). The Kier molecular flexibility index (Phi) is 4.52. The first kappa shape index (κ1) is 18.1. The summed E-state index contributed by atoms with van der Waals surface area (Å²) >= 11 is 0. The van der Waals surface area contributed by atoms with Gasteiger partial charge in [-0.05, 0) is 61.0 Å². The summed E-state index contributed by atoms with van der Waals surface area (Å²) in [5, 5.41) is 0. The highest BCUT2D eigenvalue weighted by Crippen LogP contribution is 2.30. The van der Waals surface area contributed by atoms with Crippen LogP contribution in [0, 0.1) is 6.92 Å². The molecule has 0 radical (unpaired) electrons. The van der Waals surface area contributed by atoms with Crippen LogP contribution < -0.4 is 4.74 Å². The van der Waals surface area contributed by atoms with Crippen LogP contribution in [0.3, 0.4) is 0 Å². The zero-order chi connectivity index (χ0) is 20.5. The Bertz CT molecular complexity index is 1350. The minimum absolute atomic E-state index is 0.772. The van der Waals surface area contributed by atoms with E-state index in [1.807, 2.05) is 80.0 Å². The Morgan fingerprint density at radius 1 is 0.767 bits per heavy atom. The molecule has 3 aromatic carbocycles. The predicted molar refractivity (Wildman–Crippen MR) is 121 cm³/mol. The van der Waals surface area contributed by atoms with Crippen LogP contribution in [0.2, 0.25) is 0 Å². The molecule has 0 saturated heterocycles. The lowest BCUT2D eigenvalue weighted by molar-refractivity contribution is 0.483. The molecule has 2 heterocycles. The van der Waals surface area contributed by atoms with Crippen molar-refractivity contribution in [2.24, 2.45) is 7.05 Å². The molecule has 0 spiro atoms. The van der Waals surface area contributed by atoms with Crippen molar-refractivity contribution in [2.75, 3.05) is 0 Å². The van der Waals surface area contributed by atoms with Crippen LogP contribution in [0.4, 0.5) is 0 Å². The number of nitrogens with zero attached hydrogens (tertiary/aromatic N) is 3. The van der Waals surface area contributed by atoms with E-state index in [-0.39, 0.29) is 0 Å². The number of hydrogen-bond donors (Lipinski definition) is 0. The smallest absolute Gasteiger partial charge is 0.140 e. The van der Waals surface area contributed by atoms with Gasteiger partial charge < -0.3 is 9.30 Å². The molecule has 0 atom stereocenters. The van der Waals surface area contributed by atoms with Crippen molar-refractivity contribution in [3.8, 4) is 34.1 Å². The van der Waals surface area contributed by atoms with Crippen molar-refractivity contribution in [3.05, 3.63) is 96.7 Å². The van der Waals surface area contributed by atoms with Gasteiger partial charge in [-0.25, -0.2) is 4.98 Å². The number of aromatic nitrogens is 3. The van der Waals surface area contributed by atoms with Crippen LogP contribution in [0.1, 0.15) is 5.56 Å².